The van der Waals surface area contributed by atoms with Crippen molar-refractivity contribution in [3.63, 3.8) is 0 Å². The van der Waals surface area contributed by atoms with Gasteiger partial charge in [0.15, 0.2) is 0 Å². The molecule has 1 fully saturated rings. The molecule has 0 saturated carbocycles. The Kier molecular flexibility index (Phi) is 3.78. The lowest BCUT2D eigenvalue weighted by molar-refractivity contribution is -0.130. The van der Waals surface area contributed by atoms with Crippen LogP contribution in [0.1, 0.15) is 6.92 Å². The Morgan fingerprint density at radius 2 is 2.39 bits per heavy atom. The number of carbonyl (C=O) groups excluding carboxylic acids is 1. The van der Waals surface area contributed by atoms with Gasteiger partial charge >= 0.3 is 0 Å². The van der Waals surface area contributed by atoms with Gasteiger partial charge in [0.25, 0.3) is 5.91 Å². The lowest BCUT2D eigenvalue weighted by atomic mass is 10.0. The van der Waals surface area contributed by atoms with Gasteiger partial charge in [-0.3, -0.25) is 4.79 Å². The summed E-state index contributed by atoms with van der Waals surface area (Å²) in [4.78, 5) is 15.7. The van der Waals surface area contributed by atoms with Crippen LogP contribution in [0, 0.1) is 0 Å². The summed E-state index contributed by atoms with van der Waals surface area (Å²) < 4.78 is 10.6. The molecule has 2 N–H and O–H groups in total. The van der Waals surface area contributed by atoms with E-state index in [4.69, 9.17) is 9.47 Å². The van der Waals surface area contributed by atoms with Gasteiger partial charge in [-0.2, -0.15) is 0 Å². The van der Waals surface area contributed by atoms with Gasteiger partial charge < -0.3 is 20.1 Å². The summed E-state index contributed by atoms with van der Waals surface area (Å²) in [6, 6.07) is 3.46. The standard InChI is InChI=1S/C12H17N3O3/c1-12(7-13-8-12)18-6-10(16)15-9-4-3-5-14-11(9)17-2/h3-5,13H,6-8H2,1-2H3,(H,15,16). The number of carbonyl (C=O) groups is 1. The number of hydrogen-bond donors (Lipinski definition) is 2. The summed E-state index contributed by atoms with van der Waals surface area (Å²) >= 11 is 0. The van der Waals surface area contributed by atoms with Gasteiger partial charge in [-0.15, -0.1) is 0 Å². The molecule has 1 amide bonds. The molecular weight excluding hydrogens is 234 g/mol. The van der Waals surface area contributed by atoms with Crippen LogP contribution in [0.2, 0.25) is 0 Å². The molecule has 1 aliphatic heterocycles. The maximum atomic E-state index is 11.7. The minimum atomic E-state index is -0.226. The van der Waals surface area contributed by atoms with Crippen LogP contribution in [-0.2, 0) is 9.53 Å². The van der Waals surface area contributed by atoms with Gasteiger partial charge in [0, 0.05) is 19.3 Å². The minimum Gasteiger partial charge on any atom is -0.480 e. The van der Waals surface area contributed by atoms with E-state index in [2.05, 4.69) is 15.6 Å². The number of anilines is 1. The van der Waals surface area contributed by atoms with Gasteiger partial charge in [0.2, 0.25) is 5.88 Å². The number of pyridine rings is 1. The van der Waals surface area contributed by atoms with Crippen molar-refractivity contribution in [2.24, 2.45) is 0 Å². The summed E-state index contributed by atoms with van der Waals surface area (Å²) in [6.45, 7) is 3.55. The second-order valence-corrected chi connectivity index (χ2v) is 4.45. The molecule has 0 aromatic carbocycles. The van der Waals surface area contributed by atoms with Crippen molar-refractivity contribution in [2.75, 3.05) is 32.1 Å². The smallest absolute Gasteiger partial charge is 0.250 e. The van der Waals surface area contributed by atoms with Gasteiger partial charge in [0.1, 0.15) is 12.3 Å². The Balaban J connectivity index is 1.86. The number of methoxy groups -OCH3 is 1. The van der Waals surface area contributed by atoms with Crippen LogP contribution in [-0.4, -0.2) is 43.3 Å². The van der Waals surface area contributed by atoms with Crippen molar-refractivity contribution >= 4 is 11.6 Å². The van der Waals surface area contributed by atoms with E-state index in [9.17, 15) is 4.79 Å². The first-order valence-corrected chi connectivity index (χ1v) is 5.76. The number of hydrogen-bond acceptors (Lipinski definition) is 5. The van der Waals surface area contributed by atoms with Crippen LogP contribution in [0.4, 0.5) is 5.69 Å². The van der Waals surface area contributed by atoms with E-state index >= 15 is 0 Å². The SMILES string of the molecule is COc1ncccc1NC(=O)COC1(C)CNC1. The van der Waals surface area contributed by atoms with E-state index in [0.29, 0.717) is 11.6 Å². The lowest BCUT2D eigenvalue weighted by Crippen LogP contribution is -2.59. The maximum Gasteiger partial charge on any atom is 0.250 e. The average molecular weight is 251 g/mol. The number of aromatic nitrogens is 1. The van der Waals surface area contributed by atoms with Gasteiger partial charge in [0.05, 0.1) is 12.7 Å². The Labute approximate surface area is 106 Å². The Bertz CT molecular complexity index is 432. The third-order valence-corrected chi connectivity index (χ3v) is 2.79. The van der Waals surface area contributed by atoms with Crippen LogP contribution in [0.5, 0.6) is 5.88 Å². The Morgan fingerprint density at radius 1 is 1.61 bits per heavy atom. The van der Waals surface area contributed by atoms with Gasteiger partial charge in [-0.05, 0) is 19.1 Å². The highest BCUT2D eigenvalue weighted by molar-refractivity contribution is 5.92. The van der Waals surface area contributed by atoms with Crippen LogP contribution < -0.4 is 15.4 Å². The molecular formula is C12H17N3O3. The first-order chi connectivity index (χ1) is 8.63. The molecule has 1 aromatic heterocycles. The van der Waals surface area contributed by atoms with Crippen molar-refractivity contribution in [2.45, 2.75) is 12.5 Å². The quantitative estimate of drug-likeness (QED) is 0.793. The molecule has 0 bridgehead atoms. The molecule has 2 heterocycles. The molecule has 0 unspecified atom stereocenters. The van der Waals surface area contributed by atoms with E-state index in [-0.39, 0.29) is 18.1 Å². The van der Waals surface area contributed by atoms with Crippen molar-refractivity contribution in [3.05, 3.63) is 18.3 Å². The van der Waals surface area contributed by atoms with Crippen LogP contribution >= 0.6 is 0 Å². The van der Waals surface area contributed by atoms with Gasteiger partial charge in [-0.25, -0.2) is 4.98 Å². The fourth-order valence-electron chi connectivity index (χ4n) is 1.65. The second-order valence-electron chi connectivity index (χ2n) is 4.45. The third kappa shape index (κ3) is 2.96. The third-order valence-electron chi connectivity index (χ3n) is 2.79. The first kappa shape index (κ1) is 12.8. The number of nitrogens with one attached hydrogen (secondary N) is 2. The van der Waals surface area contributed by atoms with E-state index < -0.39 is 0 Å². The van der Waals surface area contributed by atoms with Crippen LogP contribution in [0.25, 0.3) is 0 Å². The normalized spacial score (nSPS) is 16.8. The number of ether oxygens (including phenoxy) is 2. The molecule has 2 rings (SSSR count). The molecule has 98 valence electrons. The fraction of sp³-hybridized carbons (Fsp3) is 0.500. The van der Waals surface area contributed by atoms with Gasteiger partial charge in [-0.1, -0.05) is 0 Å². The van der Waals surface area contributed by atoms with Crippen LogP contribution in [0.3, 0.4) is 0 Å². The highest BCUT2D eigenvalue weighted by Gasteiger charge is 2.33. The fourth-order valence-corrected chi connectivity index (χ4v) is 1.65. The molecule has 0 aliphatic carbocycles. The van der Waals surface area contributed by atoms with E-state index in [0.717, 1.165) is 13.1 Å². The molecule has 6 heteroatoms. The molecule has 6 nitrogen and oxygen atoms in total. The summed E-state index contributed by atoms with van der Waals surface area (Å²) in [5, 5.41) is 5.82. The second kappa shape index (κ2) is 5.32. The molecule has 1 saturated heterocycles. The minimum absolute atomic E-state index is 0.0240. The zero-order valence-electron chi connectivity index (χ0n) is 10.5. The number of amides is 1. The molecule has 1 aliphatic rings. The molecule has 0 radical (unpaired) electrons. The molecule has 18 heavy (non-hydrogen) atoms. The van der Waals surface area contributed by atoms with Crippen molar-refractivity contribution in [1.82, 2.24) is 10.3 Å². The summed E-state index contributed by atoms with van der Waals surface area (Å²) in [5.41, 5.74) is 0.321. The molecule has 0 spiro atoms. The van der Waals surface area contributed by atoms with Crippen molar-refractivity contribution in [3.8, 4) is 5.88 Å². The van der Waals surface area contributed by atoms with E-state index in [1.807, 2.05) is 6.92 Å². The summed E-state index contributed by atoms with van der Waals surface area (Å²) in [7, 11) is 1.51. The van der Waals surface area contributed by atoms with Crippen LogP contribution in [0.15, 0.2) is 18.3 Å². The number of nitrogens with zero attached hydrogens (tertiary/aromatic N) is 1. The Hall–Kier alpha value is -1.66. The van der Waals surface area contributed by atoms with Crippen molar-refractivity contribution < 1.29 is 14.3 Å². The lowest BCUT2D eigenvalue weighted by Gasteiger charge is -2.38. The first-order valence-electron chi connectivity index (χ1n) is 5.76. The monoisotopic (exact) mass is 251 g/mol. The zero-order valence-corrected chi connectivity index (χ0v) is 10.5. The van der Waals surface area contributed by atoms with E-state index in [1.165, 1.54) is 7.11 Å². The molecule has 1 aromatic rings. The predicted octanol–water partition coefficient (Wildman–Crippen LogP) is 0.407. The highest BCUT2D eigenvalue weighted by atomic mass is 16.5. The molecule has 0 atom stereocenters. The topological polar surface area (TPSA) is 72.5 Å². The summed E-state index contributed by atoms with van der Waals surface area (Å²) in [5.74, 6) is 0.178. The number of rotatable bonds is 5. The highest BCUT2D eigenvalue weighted by Crippen LogP contribution is 2.20. The maximum absolute atomic E-state index is 11.7. The van der Waals surface area contributed by atoms with E-state index in [1.54, 1.807) is 18.3 Å². The largest absolute Gasteiger partial charge is 0.480 e. The Morgan fingerprint density at radius 3 is 3.00 bits per heavy atom. The van der Waals surface area contributed by atoms with Crippen molar-refractivity contribution in [1.29, 1.82) is 0 Å². The zero-order chi connectivity index (χ0) is 13.0. The summed E-state index contributed by atoms with van der Waals surface area (Å²) in [6.07, 6.45) is 1.60. The predicted molar refractivity (Wildman–Crippen MR) is 66.6 cm³/mol. The average Bonchev–Trinajstić information content (AvgIpc) is 2.35.